The first kappa shape index (κ1) is 18.1. The van der Waals surface area contributed by atoms with Gasteiger partial charge in [0.25, 0.3) is 5.91 Å². The first-order valence-electron chi connectivity index (χ1n) is 10.1. The lowest BCUT2D eigenvalue weighted by Gasteiger charge is -2.46. The number of nitrogens with zero attached hydrogens (tertiary/aromatic N) is 5. The summed E-state index contributed by atoms with van der Waals surface area (Å²) in [5, 5.41) is 0. The van der Waals surface area contributed by atoms with E-state index in [0.29, 0.717) is 31.1 Å². The van der Waals surface area contributed by atoms with E-state index in [1.807, 2.05) is 16.8 Å². The van der Waals surface area contributed by atoms with Crippen molar-refractivity contribution in [3.63, 3.8) is 0 Å². The summed E-state index contributed by atoms with van der Waals surface area (Å²) in [6.45, 7) is 3.47. The summed E-state index contributed by atoms with van der Waals surface area (Å²) >= 11 is 0. The Labute approximate surface area is 169 Å². The summed E-state index contributed by atoms with van der Waals surface area (Å²) in [7, 11) is 1.89. The zero-order valence-electron chi connectivity index (χ0n) is 16.6. The van der Waals surface area contributed by atoms with Crippen molar-refractivity contribution in [3.05, 3.63) is 42.6 Å². The topological polar surface area (TPSA) is 82.8 Å². The van der Waals surface area contributed by atoms with Crippen molar-refractivity contribution in [2.75, 3.05) is 44.7 Å². The maximum atomic E-state index is 13.3. The van der Waals surface area contributed by atoms with Crippen molar-refractivity contribution in [2.45, 2.75) is 19.3 Å². The number of anilines is 1. The molecule has 1 atom stereocenters. The van der Waals surface area contributed by atoms with Crippen molar-refractivity contribution in [1.29, 1.82) is 0 Å². The number of carbonyl (C=O) groups is 2. The molecule has 0 unspecified atom stereocenters. The van der Waals surface area contributed by atoms with Crippen LogP contribution in [0.5, 0.6) is 0 Å². The van der Waals surface area contributed by atoms with Crippen LogP contribution in [0.4, 0.5) is 5.95 Å². The lowest BCUT2D eigenvalue weighted by atomic mass is 9.60. The first-order chi connectivity index (χ1) is 14.0. The molecule has 3 saturated heterocycles. The fourth-order valence-electron chi connectivity index (χ4n) is 5.58. The van der Waals surface area contributed by atoms with E-state index < -0.39 is 5.41 Å². The molecular formula is C21H25N5O3. The molecule has 3 aliphatic rings. The molecule has 0 N–H and O–H groups in total. The van der Waals surface area contributed by atoms with Gasteiger partial charge in [0, 0.05) is 57.6 Å². The zero-order chi connectivity index (χ0) is 20.1. The molecule has 3 aliphatic heterocycles. The summed E-state index contributed by atoms with van der Waals surface area (Å²) in [5.74, 6) is 0.910. The van der Waals surface area contributed by atoms with Gasteiger partial charge in [-0.2, -0.15) is 0 Å². The van der Waals surface area contributed by atoms with Gasteiger partial charge in [0.05, 0.1) is 17.2 Å². The highest BCUT2D eigenvalue weighted by atomic mass is 16.3. The summed E-state index contributed by atoms with van der Waals surface area (Å²) in [6, 6.07) is 3.51. The van der Waals surface area contributed by atoms with Crippen molar-refractivity contribution in [1.82, 2.24) is 19.8 Å². The van der Waals surface area contributed by atoms with E-state index in [9.17, 15) is 9.59 Å². The van der Waals surface area contributed by atoms with Crippen LogP contribution >= 0.6 is 0 Å². The van der Waals surface area contributed by atoms with Crippen LogP contribution in [0.15, 0.2) is 41.5 Å². The molecular weight excluding hydrogens is 370 g/mol. The molecule has 2 amide bonds. The van der Waals surface area contributed by atoms with Crippen LogP contribution in [-0.2, 0) is 4.79 Å². The predicted molar refractivity (Wildman–Crippen MR) is 105 cm³/mol. The van der Waals surface area contributed by atoms with E-state index in [4.69, 9.17) is 4.42 Å². The number of aromatic nitrogens is 2. The van der Waals surface area contributed by atoms with Gasteiger partial charge in [-0.25, -0.2) is 9.97 Å². The maximum Gasteiger partial charge on any atom is 0.257 e. The van der Waals surface area contributed by atoms with Crippen molar-refractivity contribution < 1.29 is 14.0 Å². The van der Waals surface area contributed by atoms with Crippen LogP contribution in [-0.4, -0.2) is 71.4 Å². The van der Waals surface area contributed by atoms with E-state index in [0.717, 1.165) is 32.4 Å². The van der Waals surface area contributed by atoms with Gasteiger partial charge in [-0.15, -0.1) is 0 Å². The summed E-state index contributed by atoms with van der Waals surface area (Å²) in [6.07, 6.45) is 8.97. The smallest absolute Gasteiger partial charge is 0.257 e. The molecule has 2 aromatic rings. The predicted octanol–water partition coefficient (Wildman–Crippen LogP) is 1.66. The Balaban J connectivity index is 1.43. The van der Waals surface area contributed by atoms with E-state index in [1.165, 1.54) is 12.5 Å². The van der Waals surface area contributed by atoms with Crippen LogP contribution in [0.1, 0.15) is 29.6 Å². The highest BCUT2D eigenvalue weighted by Crippen LogP contribution is 2.58. The third-order valence-electron chi connectivity index (χ3n) is 7.21. The highest BCUT2D eigenvalue weighted by molar-refractivity contribution is 5.94. The number of rotatable bonds is 2. The normalized spacial score (nSPS) is 26.1. The third kappa shape index (κ3) is 2.65. The van der Waals surface area contributed by atoms with Gasteiger partial charge in [0.15, 0.2) is 0 Å². The minimum absolute atomic E-state index is 0.00115. The number of furan rings is 1. The Kier molecular flexibility index (Phi) is 4.11. The molecule has 3 fully saturated rings. The molecule has 29 heavy (non-hydrogen) atoms. The van der Waals surface area contributed by atoms with Crippen molar-refractivity contribution >= 4 is 17.8 Å². The van der Waals surface area contributed by atoms with E-state index in [2.05, 4.69) is 14.9 Å². The molecule has 0 saturated carbocycles. The minimum Gasteiger partial charge on any atom is -0.472 e. The van der Waals surface area contributed by atoms with Gasteiger partial charge in [-0.05, 0) is 31.4 Å². The Morgan fingerprint density at radius 1 is 1.10 bits per heavy atom. The molecule has 0 aromatic carbocycles. The highest BCUT2D eigenvalue weighted by Gasteiger charge is 2.65. The lowest BCUT2D eigenvalue weighted by Crippen LogP contribution is -2.53. The second-order valence-corrected chi connectivity index (χ2v) is 8.55. The number of piperidine rings is 1. The summed E-state index contributed by atoms with van der Waals surface area (Å²) < 4.78 is 5.07. The Bertz CT molecular complexity index is 908. The fraction of sp³-hybridized carbons (Fsp3) is 0.524. The number of amides is 2. The number of hydrogen-bond donors (Lipinski definition) is 0. The zero-order valence-corrected chi connectivity index (χ0v) is 16.6. The van der Waals surface area contributed by atoms with E-state index >= 15 is 0 Å². The Hall–Kier alpha value is -2.90. The lowest BCUT2D eigenvalue weighted by molar-refractivity contribution is -0.140. The molecule has 0 bridgehead atoms. The molecule has 0 aliphatic carbocycles. The molecule has 5 rings (SSSR count). The SMILES string of the molecule is CN1CC[C@]2(CN(c3ncccn3)CC23CCN(C(=O)c2ccoc2)CC3)C1=O. The molecule has 2 aromatic heterocycles. The Morgan fingerprint density at radius 2 is 1.86 bits per heavy atom. The third-order valence-corrected chi connectivity index (χ3v) is 7.21. The monoisotopic (exact) mass is 395 g/mol. The van der Waals surface area contributed by atoms with Crippen LogP contribution in [0.3, 0.4) is 0 Å². The van der Waals surface area contributed by atoms with Crippen molar-refractivity contribution in [2.24, 2.45) is 10.8 Å². The van der Waals surface area contributed by atoms with Gasteiger partial charge in [0.1, 0.15) is 6.26 Å². The molecule has 152 valence electrons. The quantitative estimate of drug-likeness (QED) is 0.769. The van der Waals surface area contributed by atoms with E-state index in [1.54, 1.807) is 24.5 Å². The molecule has 8 nitrogen and oxygen atoms in total. The van der Waals surface area contributed by atoms with Gasteiger partial charge >= 0.3 is 0 Å². The van der Waals surface area contributed by atoms with Crippen LogP contribution in [0.25, 0.3) is 0 Å². The first-order valence-corrected chi connectivity index (χ1v) is 10.1. The fourth-order valence-corrected chi connectivity index (χ4v) is 5.58. The molecule has 2 spiro atoms. The van der Waals surface area contributed by atoms with Gasteiger partial charge < -0.3 is 19.1 Å². The van der Waals surface area contributed by atoms with Gasteiger partial charge in [-0.1, -0.05) is 0 Å². The van der Waals surface area contributed by atoms with Crippen LogP contribution in [0, 0.1) is 10.8 Å². The van der Waals surface area contributed by atoms with Crippen LogP contribution < -0.4 is 4.90 Å². The average molecular weight is 395 g/mol. The second kappa shape index (κ2) is 6.57. The molecule has 8 heteroatoms. The van der Waals surface area contributed by atoms with E-state index in [-0.39, 0.29) is 17.2 Å². The standard InChI is InChI=1S/C21H25N5O3/c1-24-9-6-21(18(24)28)15-26(19-22-7-2-8-23-19)14-20(21)4-10-25(11-5-20)17(27)16-3-12-29-13-16/h2-3,7-8,12-13H,4-6,9-11,14-15H2,1H3/t21-/m0/s1. The average Bonchev–Trinajstić information content (AvgIpc) is 3.46. The number of likely N-dealkylation sites (tertiary alicyclic amines) is 2. The summed E-state index contributed by atoms with van der Waals surface area (Å²) in [4.78, 5) is 40.9. The summed E-state index contributed by atoms with van der Waals surface area (Å²) in [5.41, 5.74) is -0.00878. The largest absolute Gasteiger partial charge is 0.472 e. The number of carbonyl (C=O) groups excluding carboxylic acids is 2. The van der Waals surface area contributed by atoms with Gasteiger partial charge in [0.2, 0.25) is 11.9 Å². The maximum absolute atomic E-state index is 13.3. The van der Waals surface area contributed by atoms with Crippen molar-refractivity contribution in [3.8, 4) is 0 Å². The Morgan fingerprint density at radius 3 is 2.48 bits per heavy atom. The number of fused-ring (bicyclic) bond motifs is 1. The number of hydrogen-bond acceptors (Lipinski definition) is 6. The molecule has 5 heterocycles. The van der Waals surface area contributed by atoms with Gasteiger partial charge in [-0.3, -0.25) is 9.59 Å². The van der Waals surface area contributed by atoms with Crippen LogP contribution in [0.2, 0.25) is 0 Å². The molecule has 0 radical (unpaired) electrons. The second-order valence-electron chi connectivity index (χ2n) is 8.55. The minimum atomic E-state index is -0.425.